The summed E-state index contributed by atoms with van der Waals surface area (Å²) in [5, 5.41) is 7.39. The number of aryl methyl sites for hydroxylation is 1. The molecule has 1 rings (SSSR count). The van der Waals surface area contributed by atoms with Gasteiger partial charge in [-0.15, -0.1) is 0 Å². The van der Waals surface area contributed by atoms with Crippen LogP contribution >= 0.6 is 0 Å². The first kappa shape index (κ1) is 11.2. The van der Waals surface area contributed by atoms with Crippen molar-refractivity contribution in [2.75, 3.05) is 7.05 Å². The van der Waals surface area contributed by atoms with E-state index in [0.29, 0.717) is 6.04 Å². The van der Waals surface area contributed by atoms with Crippen LogP contribution in [0.3, 0.4) is 0 Å². The minimum Gasteiger partial charge on any atom is -0.316 e. The number of rotatable bonds is 3. The SMILES string of the molecule is CNC(Cc1ncnn1C)C(C)(C)C. The van der Waals surface area contributed by atoms with Crippen LogP contribution in [0.2, 0.25) is 0 Å². The van der Waals surface area contributed by atoms with Gasteiger partial charge in [-0.2, -0.15) is 5.10 Å². The summed E-state index contributed by atoms with van der Waals surface area (Å²) in [6, 6.07) is 0.422. The summed E-state index contributed by atoms with van der Waals surface area (Å²) >= 11 is 0. The molecular formula is C10H20N4. The topological polar surface area (TPSA) is 42.7 Å². The lowest BCUT2D eigenvalue weighted by Gasteiger charge is -2.29. The maximum Gasteiger partial charge on any atom is 0.138 e. The molecule has 0 amide bonds. The third-order valence-electron chi connectivity index (χ3n) is 2.59. The molecule has 0 spiro atoms. The van der Waals surface area contributed by atoms with E-state index in [1.165, 1.54) is 0 Å². The fraction of sp³-hybridized carbons (Fsp3) is 0.800. The van der Waals surface area contributed by atoms with E-state index in [1.54, 1.807) is 6.33 Å². The summed E-state index contributed by atoms with van der Waals surface area (Å²) < 4.78 is 1.83. The van der Waals surface area contributed by atoms with E-state index in [9.17, 15) is 0 Å². The first-order valence-electron chi connectivity index (χ1n) is 4.95. The van der Waals surface area contributed by atoms with E-state index in [-0.39, 0.29) is 5.41 Å². The van der Waals surface area contributed by atoms with Gasteiger partial charge < -0.3 is 5.32 Å². The van der Waals surface area contributed by atoms with Gasteiger partial charge in [0, 0.05) is 19.5 Å². The van der Waals surface area contributed by atoms with Crippen LogP contribution in [0.25, 0.3) is 0 Å². The first-order chi connectivity index (χ1) is 6.45. The molecule has 0 saturated carbocycles. The van der Waals surface area contributed by atoms with Gasteiger partial charge in [0.25, 0.3) is 0 Å². The van der Waals surface area contributed by atoms with Gasteiger partial charge in [-0.25, -0.2) is 4.98 Å². The number of likely N-dealkylation sites (N-methyl/N-ethyl adjacent to an activating group) is 1. The lowest BCUT2D eigenvalue weighted by atomic mass is 9.85. The highest BCUT2D eigenvalue weighted by Crippen LogP contribution is 2.21. The van der Waals surface area contributed by atoms with Gasteiger partial charge in [0.15, 0.2) is 0 Å². The smallest absolute Gasteiger partial charge is 0.138 e. The fourth-order valence-electron chi connectivity index (χ4n) is 1.53. The normalized spacial score (nSPS) is 14.4. The molecule has 80 valence electrons. The maximum absolute atomic E-state index is 4.23. The molecule has 0 saturated heterocycles. The molecule has 0 aliphatic carbocycles. The quantitative estimate of drug-likeness (QED) is 0.784. The van der Waals surface area contributed by atoms with E-state index in [4.69, 9.17) is 0 Å². The zero-order chi connectivity index (χ0) is 10.8. The molecule has 4 nitrogen and oxygen atoms in total. The number of aromatic nitrogens is 3. The van der Waals surface area contributed by atoms with Gasteiger partial charge >= 0.3 is 0 Å². The fourth-order valence-corrected chi connectivity index (χ4v) is 1.53. The molecule has 1 atom stereocenters. The Balaban J connectivity index is 2.71. The summed E-state index contributed by atoms with van der Waals surface area (Å²) in [5.41, 5.74) is 0.237. The summed E-state index contributed by atoms with van der Waals surface area (Å²) in [7, 11) is 3.92. The summed E-state index contributed by atoms with van der Waals surface area (Å²) in [4.78, 5) is 4.23. The number of hydrogen-bond acceptors (Lipinski definition) is 3. The summed E-state index contributed by atoms with van der Waals surface area (Å²) in [5.74, 6) is 1.03. The van der Waals surface area contributed by atoms with Crippen LogP contribution in [0, 0.1) is 5.41 Å². The number of hydrogen-bond donors (Lipinski definition) is 1. The Labute approximate surface area is 85.7 Å². The minimum atomic E-state index is 0.237. The lowest BCUT2D eigenvalue weighted by molar-refractivity contribution is 0.274. The zero-order valence-corrected chi connectivity index (χ0v) is 9.70. The molecule has 0 aliphatic rings. The third-order valence-corrected chi connectivity index (χ3v) is 2.59. The molecule has 14 heavy (non-hydrogen) atoms. The van der Waals surface area contributed by atoms with Crippen LogP contribution in [0.5, 0.6) is 0 Å². The molecule has 1 heterocycles. The molecule has 1 unspecified atom stereocenters. The Bertz CT molecular complexity index is 285. The van der Waals surface area contributed by atoms with Crippen LogP contribution in [0.15, 0.2) is 6.33 Å². The number of nitrogens with one attached hydrogen (secondary N) is 1. The first-order valence-corrected chi connectivity index (χ1v) is 4.95. The standard InChI is InChI=1S/C10H20N4/c1-10(2,3)8(11-4)6-9-12-7-13-14(9)5/h7-8,11H,6H2,1-5H3. The molecule has 0 radical (unpaired) electrons. The van der Waals surface area contributed by atoms with E-state index >= 15 is 0 Å². The predicted molar refractivity (Wildman–Crippen MR) is 57.0 cm³/mol. The minimum absolute atomic E-state index is 0.237. The Morgan fingerprint density at radius 3 is 2.50 bits per heavy atom. The van der Waals surface area contributed by atoms with Crippen molar-refractivity contribution in [1.29, 1.82) is 0 Å². The van der Waals surface area contributed by atoms with Crippen LogP contribution in [-0.4, -0.2) is 27.9 Å². The molecule has 1 N–H and O–H groups in total. The van der Waals surface area contributed by atoms with Gasteiger partial charge in [0.2, 0.25) is 0 Å². The molecule has 0 aliphatic heterocycles. The molecule has 4 heteroatoms. The Kier molecular flexibility index (Phi) is 3.26. The largest absolute Gasteiger partial charge is 0.316 e. The van der Waals surface area contributed by atoms with Crippen LogP contribution in [0.1, 0.15) is 26.6 Å². The summed E-state index contributed by atoms with van der Waals surface area (Å²) in [6.45, 7) is 6.68. The highest BCUT2D eigenvalue weighted by molar-refractivity contribution is 4.93. The molecular weight excluding hydrogens is 176 g/mol. The molecule has 0 aromatic carbocycles. The van der Waals surface area contributed by atoms with Crippen molar-refractivity contribution >= 4 is 0 Å². The van der Waals surface area contributed by atoms with E-state index in [1.807, 2.05) is 18.8 Å². The van der Waals surface area contributed by atoms with Gasteiger partial charge in [0.05, 0.1) is 0 Å². The third kappa shape index (κ3) is 2.54. The Morgan fingerprint density at radius 1 is 1.50 bits per heavy atom. The van der Waals surface area contributed by atoms with Gasteiger partial charge in [-0.1, -0.05) is 20.8 Å². The highest BCUT2D eigenvalue weighted by Gasteiger charge is 2.24. The number of nitrogens with zero attached hydrogens (tertiary/aromatic N) is 3. The van der Waals surface area contributed by atoms with Crippen LogP contribution in [-0.2, 0) is 13.5 Å². The van der Waals surface area contributed by atoms with E-state index in [0.717, 1.165) is 12.2 Å². The van der Waals surface area contributed by atoms with Crippen molar-refractivity contribution in [3.63, 3.8) is 0 Å². The molecule has 1 aromatic heterocycles. The molecule has 0 bridgehead atoms. The van der Waals surface area contributed by atoms with Gasteiger partial charge in [-0.3, -0.25) is 4.68 Å². The van der Waals surface area contributed by atoms with Crippen LogP contribution < -0.4 is 5.32 Å². The average molecular weight is 196 g/mol. The maximum atomic E-state index is 4.23. The summed E-state index contributed by atoms with van der Waals surface area (Å²) in [6.07, 6.45) is 2.52. The second-order valence-electron chi connectivity index (χ2n) is 4.71. The van der Waals surface area contributed by atoms with Crippen LogP contribution in [0.4, 0.5) is 0 Å². The van der Waals surface area contributed by atoms with Crippen molar-refractivity contribution < 1.29 is 0 Å². The second-order valence-corrected chi connectivity index (χ2v) is 4.71. The Hall–Kier alpha value is -0.900. The average Bonchev–Trinajstić information content (AvgIpc) is 2.45. The lowest BCUT2D eigenvalue weighted by Crippen LogP contribution is -2.40. The highest BCUT2D eigenvalue weighted by atomic mass is 15.3. The molecule has 0 fully saturated rings. The van der Waals surface area contributed by atoms with Crippen molar-refractivity contribution in [3.8, 4) is 0 Å². The monoisotopic (exact) mass is 196 g/mol. The molecule has 1 aromatic rings. The van der Waals surface area contributed by atoms with Crippen molar-refractivity contribution in [2.24, 2.45) is 12.5 Å². The second kappa shape index (κ2) is 4.09. The van der Waals surface area contributed by atoms with E-state index < -0.39 is 0 Å². The zero-order valence-electron chi connectivity index (χ0n) is 9.70. The van der Waals surface area contributed by atoms with Gasteiger partial charge in [-0.05, 0) is 12.5 Å². The van der Waals surface area contributed by atoms with E-state index in [2.05, 4.69) is 36.2 Å². The predicted octanol–water partition coefficient (Wildman–Crippen LogP) is 0.992. The van der Waals surface area contributed by atoms with Crippen molar-refractivity contribution in [3.05, 3.63) is 12.2 Å². The Morgan fingerprint density at radius 2 is 2.14 bits per heavy atom. The van der Waals surface area contributed by atoms with Crippen molar-refractivity contribution in [2.45, 2.75) is 33.2 Å². The van der Waals surface area contributed by atoms with Gasteiger partial charge in [0.1, 0.15) is 12.2 Å². The van der Waals surface area contributed by atoms with Crippen molar-refractivity contribution in [1.82, 2.24) is 20.1 Å².